The number of nitrogens with zero attached hydrogens (tertiary/aromatic N) is 1. The van der Waals surface area contributed by atoms with E-state index in [0.717, 1.165) is 23.7 Å². The molecule has 1 unspecified atom stereocenters. The molecule has 2 N–H and O–H groups in total. The van der Waals surface area contributed by atoms with Crippen LogP contribution in [0.25, 0.3) is 10.9 Å². The van der Waals surface area contributed by atoms with Gasteiger partial charge in [0.2, 0.25) is 5.91 Å². The molecule has 4 rings (SSSR count). The lowest BCUT2D eigenvalue weighted by Crippen LogP contribution is -2.26. The van der Waals surface area contributed by atoms with E-state index in [1.54, 1.807) is 37.3 Å². The maximum Gasteiger partial charge on any atom is 0.252 e. The van der Waals surface area contributed by atoms with E-state index in [2.05, 4.69) is 15.6 Å². The molecule has 158 valence electrons. The molecule has 1 aliphatic carbocycles. The lowest BCUT2D eigenvalue weighted by molar-refractivity contribution is -0.115. The van der Waals surface area contributed by atoms with Crippen molar-refractivity contribution in [3.8, 4) is 0 Å². The average molecular weight is 434 g/mol. The second-order valence-electron chi connectivity index (χ2n) is 7.66. The van der Waals surface area contributed by atoms with E-state index >= 15 is 0 Å². The minimum absolute atomic E-state index is 0.0594. The van der Waals surface area contributed by atoms with Crippen LogP contribution in [-0.4, -0.2) is 33.9 Å². The van der Waals surface area contributed by atoms with Crippen LogP contribution in [0.5, 0.6) is 0 Å². The Morgan fingerprint density at radius 2 is 1.84 bits per heavy atom. The summed E-state index contributed by atoms with van der Waals surface area (Å²) in [6, 6.07) is 16.4. The molecule has 0 radical (unpaired) electrons. The highest BCUT2D eigenvalue weighted by Gasteiger charge is 2.25. The molecule has 0 saturated heterocycles. The number of para-hydroxylation sites is 1. The van der Waals surface area contributed by atoms with Gasteiger partial charge in [0.15, 0.2) is 5.78 Å². The minimum atomic E-state index is -0.450. The Bertz CT molecular complexity index is 1170. The number of hydrogen-bond acceptors (Lipinski definition) is 5. The minimum Gasteiger partial charge on any atom is -0.349 e. The molecular weight excluding hydrogens is 410 g/mol. The number of carbonyl (C=O) groups is 3. The SMILES string of the molecule is CC(=O)c1cccc(NC(=O)C(C)Sc2cc(C(=O)NC3CC3)c3ccccc3n2)c1. The van der Waals surface area contributed by atoms with Gasteiger partial charge in [-0.2, -0.15) is 0 Å². The summed E-state index contributed by atoms with van der Waals surface area (Å²) < 4.78 is 0. The molecular formula is C24H23N3O3S. The van der Waals surface area contributed by atoms with Crippen LogP contribution in [-0.2, 0) is 4.79 Å². The predicted molar refractivity (Wildman–Crippen MR) is 123 cm³/mol. The number of ketones is 1. The van der Waals surface area contributed by atoms with Crippen molar-refractivity contribution in [1.82, 2.24) is 10.3 Å². The van der Waals surface area contributed by atoms with Gasteiger partial charge in [0, 0.05) is 22.7 Å². The fraction of sp³-hybridized carbons (Fsp3) is 0.250. The molecule has 1 atom stereocenters. The van der Waals surface area contributed by atoms with Crippen LogP contribution in [0, 0.1) is 0 Å². The Morgan fingerprint density at radius 3 is 2.58 bits per heavy atom. The number of anilines is 1. The molecule has 31 heavy (non-hydrogen) atoms. The van der Waals surface area contributed by atoms with Gasteiger partial charge in [-0.1, -0.05) is 42.1 Å². The van der Waals surface area contributed by atoms with Crippen LogP contribution in [0.2, 0.25) is 0 Å². The van der Waals surface area contributed by atoms with E-state index in [9.17, 15) is 14.4 Å². The van der Waals surface area contributed by atoms with Crippen molar-refractivity contribution in [3.05, 3.63) is 65.7 Å². The third-order valence-electron chi connectivity index (χ3n) is 5.05. The van der Waals surface area contributed by atoms with E-state index in [1.807, 2.05) is 24.3 Å². The summed E-state index contributed by atoms with van der Waals surface area (Å²) in [7, 11) is 0. The highest BCUT2D eigenvalue weighted by Crippen LogP contribution is 2.28. The maximum absolute atomic E-state index is 12.8. The molecule has 2 amide bonds. The quantitative estimate of drug-likeness (QED) is 0.425. The van der Waals surface area contributed by atoms with Crippen LogP contribution < -0.4 is 10.6 Å². The second kappa shape index (κ2) is 8.89. The zero-order valence-electron chi connectivity index (χ0n) is 17.3. The van der Waals surface area contributed by atoms with Crippen molar-refractivity contribution < 1.29 is 14.4 Å². The van der Waals surface area contributed by atoms with Gasteiger partial charge >= 0.3 is 0 Å². The van der Waals surface area contributed by atoms with E-state index < -0.39 is 5.25 Å². The number of fused-ring (bicyclic) bond motifs is 1. The molecule has 1 aliphatic rings. The van der Waals surface area contributed by atoms with E-state index in [4.69, 9.17) is 0 Å². The van der Waals surface area contributed by atoms with Gasteiger partial charge < -0.3 is 10.6 Å². The lowest BCUT2D eigenvalue weighted by Gasteiger charge is -2.14. The monoisotopic (exact) mass is 433 g/mol. The Morgan fingerprint density at radius 1 is 1.06 bits per heavy atom. The van der Waals surface area contributed by atoms with Crippen molar-refractivity contribution >= 4 is 45.9 Å². The van der Waals surface area contributed by atoms with Crippen molar-refractivity contribution in [2.75, 3.05) is 5.32 Å². The smallest absolute Gasteiger partial charge is 0.252 e. The van der Waals surface area contributed by atoms with Gasteiger partial charge in [-0.3, -0.25) is 14.4 Å². The standard InChI is InChI=1S/C24H23N3O3S/c1-14(28)16-6-5-7-18(12-16)26-23(29)15(2)31-22-13-20(24(30)25-17-10-11-17)19-8-3-4-9-21(19)27-22/h3-9,12-13,15,17H,10-11H2,1-2H3,(H,25,30)(H,26,29). The van der Waals surface area contributed by atoms with Crippen LogP contribution in [0.4, 0.5) is 5.69 Å². The summed E-state index contributed by atoms with van der Waals surface area (Å²) in [5.74, 6) is -0.373. The van der Waals surface area contributed by atoms with Crippen LogP contribution in [0.15, 0.2) is 59.6 Å². The molecule has 1 saturated carbocycles. The number of pyridine rings is 1. The number of benzene rings is 2. The van der Waals surface area contributed by atoms with Crippen LogP contribution in [0.3, 0.4) is 0 Å². The Kier molecular flexibility index (Phi) is 6.04. The summed E-state index contributed by atoms with van der Waals surface area (Å²) in [5.41, 5.74) is 2.40. The van der Waals surface area contributed by atoms with Crippen LogP contribution in [0.1, 0.15) is 47.4 Å². The number of aromatic nitrogens is 1. The Labute approximate surface area is 184 Å². The molecule has 1 aromatic heterocycles. The number of thioether (sulfide) groups is 1. The number of amides is 2. The fourth-order valence-corrected chi connectivity index (χ4v) is 4.05. The number of Topliss-reactive ketones (excluding diaryl/α,β-unsaturated/α-hetero) is 1. The third-order valence-corrected chi connectivity index (χ3v) is 6.07. The first-order valence-electron chi connectivity index (χ1n) is 10.2. The van der Waals surface area contributed by atoms with Gasteiger partial charge in [0.05, 0.1) is 21.4 Å². The molecule has 2 aromatic carbocycles. The summed E-state index contributed by atoms with van der Waals surface area (Å²) in [6.07, 6.45) is 2.02. The number of hydrogen-bond donors (Lipinski definition) is 2. The summed E-state index contributed by atoms with van der Waals surface area (Å²) in [4.78, 5) is 41.7. The molecule has 3 aromatic rings. The fourth-order valence-electron chi connectivity index (χ4n) is 3.18. The first-order chi connectivity index (χ1) is 14.9. The molecule has 6 nitrogen and oxygen atoms in total. The zero-order valence-corrected chi connectivity index (χ0v) is 18.2. The molecule has 0 spiro atoms. The van der Waals surface area contributed by atoms with Gasteiger partial charge in [-0.15, -0.1) is 0 Å². The highest BCUT2D eigenvalue weighted by molar-refractivity contribution is 8.00. The number of carbonyl (C=O) groups excluding carboxylic acids is 3. The van der Waals surface area contributed by atoms with Crippen molar-refractivity contribution in [1.29, 1.82) is 0 Å². The molecule has 1 fully saturated rings. The Hall–Kier alpha value is -3.19. The molecule has 0 aliphatic heterocycles. The first-order valence-corrected chi connectivity index (χ1v) is 11.1. The number of rotatable bonds is 7. The predicted octanol–water partition coefficient (Wildman–Crippen LogP) is 4.45. The van der Waals surface area contributed by atoms with Gasteiger partial charge in [0.25, 0.3) is 5.91 Å². The summed E-state index contributed by atoms with van der Waals surface area (Å²) in [6.45, 7) is 3.28. The second-order valence-corrected chi connectivity index (χ2v) is 9.02. The Balaban J connectivity index is 1.53. The molecule has 7 heteroatoms. The topological polar surface area (TPSA) is 88.2 Å². The lowest BCUT2D eigenvalue weighted by atomic mass is 10.1. The molecule has 1 heterocycles. The van der Waals surface area contributed by atoms with Gasteiger partial charge in [-0.25, -0.2) is 4.98 Å². The van der Waals surface area contributed by atoms with Crippen molar-refractivity contribution in [2.24, 2.45) is 0 Å². The summed E-state index contributed by atoms with van der Waals surface area (Å²) >= 11 is 1.29. The number of nitrogens with one attached hydrogen (secondary N) is 2. The van der Waals surface area contributed by atoms with Gasteiger partial charge in [-0.05, 0) is 51.0 Å². The van der Waals surface area contributed by atoms with E-state index in [0.29, 0.717) is 21.8 Å². The first kappa shape index (κ1) is 21.1. The zero-order chi connectivity index (χ0) is 22.0. The van der Waals surface area contributed by atoms with Crippen molar-refractivity contribution in [2.45, 2.75) is 43.0 Å². The average Bonchev–Trinajstić information content (AvgIpc) is 3.57. The van der Waals surface area contributed by atoms with Crippen molar-refractivity contribution in [3.63, 3.8) is 0 Å². The van der Waals surface area contributed by atoms with E-state index in [1.165, 1.54) is 18.7 Å². The molecule has 0 bridgehead atoms. The van der Waals surface area contributed by atoms with Gasteiger partial charge in [0.1, 0.15) is 0 Å². The largest absolute Gasteiger partial charge is 0.349 e. The maximum atomic E-state index is 12.8. The normalized spacial score (nSPS) is 14.1. The highest BCUT2D eigenvalue weighted by atomic mass is 32.2. The summed E-state index contributed by atoms with van der Waals surface area (Å²) in [5, 5.41) is 6.83. The van der Waals surface area contributed by atoms with E-state index in [-0.39, 0.29) is 23.6 Å². The van der Waals surface area contributed by atoms with Crippen LogP contribution >= 0.6 is 11.8 Å². The third kappa shape index (κ3) is 5.11.